The predicted octanol–water partition coefficient (Wildman–Crippen LogP) is 4.95. The minimum Gasteiger partial charge on any atom is -0.490 e. The van der Waals surface area contributed by atoms with E-state index in [9.17, 15) is 4.79 Å². The molecule has 2 aromatic carbocycles. The molecule has 2 aromatic rings. The minimum atomic E-state index is -0.425. The van der Waals surface area contributed by atoms with Crippen LogP contribution < -0.4 is 19.6 Å². The molecule has 0 fully saturated rings. The zero-order chi connectivity index (χ0) is 20.5. The molecule has 0 aliphatic carbocycles. The summed E-state index contributed by atoms with van der Waals surface area (Å²) in [5.41, 5.74) is 3.42. The van der Waals surface area contributed by atoms with Crippen molar-refractivity contribution in [2.45, 2.75) is 20.8 Å². The van der Waals surface area contributed by atoms with Gasteiger partial charge in [0.2, 0.25) is 5.75 Å². The largest absolute Gasteiger partial charge is 0.490 e. The quantitative estimate of drug-likeness (QED) is 0.456. The van der Waals surface area contributed by atoms with Crippen LogP contribution in [0.2, 0.25) is 10.0 Å². The van der Waals surface area contributed by atoms with Gasteiger partial charge in [-0.05, 0) is 45.0 Å². The first-order valence-electron chi connectivity index (χ1n) is 8.85. The number of halogens is 2. The highest BCUT2D eigenvalue weighted by Gasteiger charge is 2.18. The number of carbonyl (C=O) groups is 1. The van der Waals surface area contributed by atoms with Crippen LogP contribution in [-0.2, 0) is 0 Å². The Hall–Kier alpha value is -2.44. The van der Waals surface area contributed by atoms with Gasteiger partial charge in [-0.15, -0.1) is 0 Å². The molecule has 0 saturated carbocycles. The second-order valence-corrected chi connectivity index (χ2v) is 6.31. The van der Waals surface area contributed by atoms with E-state index in [1.165, 1.54) is 6.21 Å². The summed E-state index contributed by atoms with van der Waals surface area (Å²) in [6.07, 6.45) is 1.44. The van der Waals surface area contributed by atoms with Gasteiger partial charge in [0.05, 0.1) is 31.1 Å². The smallest absolute Gasteiger partial charge is 0.271 e. The van der Waals surface area contributed by atoms with Crippen LogP contribution in [0, 0.1) is 0 Å². The van der Waals surface area contributed by atoms with Crippen molar-refractivity contribution < 1.29 is 19.0 Å². The van der Waals surface area contributed by atoms with Crippen LogP contribution in [-0.4, -0.2) is 31.9 Å². The van der Waals surface area contributed by atoms with Crippen LogP contribution in [0.15, 0.2) is 35.4 Å². The summed E-state index contributed by atoms with van der Waals surface area (Å²) < 4.78 is 16.9. The molecule has 1 N–H and O–H groups in total. The third-order valence-electron chi connectivity index (χ3n) is 3.50. The zero-order valence-corrected chi connectivity index (χ0v) is 17.4. The Bertz CT molecular complexity index is 829. The molecule has 0 spiro atoms. The maximum atomic E-state index is 12.5. The monoisotopic (exact) mass is 424 g/mol. The van der Waals surface area contributed by atoms with Gasteiger partial charge in [-0.25, -0.2) is 5.43 Å². The van der Waals surface area contributed by atoms with Gasteiger partial charge in [-0.1, -0.05) is 29.3 Å². The van der Waals surface area contributed by atoms with E-state index in [0.717, 1.165) is 0 Å². The number of carbonyl (C=O) groups excluding carboxylic acids is 1. The average Bonchev–Trinajstić information content (AvgIpc) is 2.66. The van der Waals surface area contributed by atoms with E-state index in [1.807, 2.05) is 20.8 Å². The molecule has 0 aliphatic heterocycles. The summed E-state index contributed by atoms with van der Waals surface area (Å²) >= 11 is 11.9. The molecule has 0 atom stereocenters. The highest BCUT2D eigenvalue weighted by Crippen LogP contribution is 2.39. The molecule has 0 unspecified atom stereocenters. The van der Waals surface area contributed by atoms with Crippen LogP contribution in [0.4, 0.5) is 0 Å². The summed E-state index contributed by atoms with van der Waals surface area (Å²) in [7, 11) is 0. The number of ether oxygens (including phenoxy) is 3. The van der Waals surface area contributed by atoms with Gasteiger partial charge in [0.25, 0.3) is 5.91 Å². The first-order valence-corrected chi connectivity index (χ1v) is 9.60. The summed E-state index contributed by atoms with van der Waals surface area (Å²) in [6.45, 7) is 6.85. The Balaban J connectivity index is 2.24. The van der Waals surface area contributed by atoms with Crippen molar-refractivity contribution in [3.05, 3.63) is 51.5 Å². The third kappa shape index (κ3) is 5.78. The van der Waals surface area contributed by atoms with Crippen molar-refractivity contribution in [3.63, 3.8) is 0 Å². The molecule has 0 aromatic heterocycles. The molecule has 8 heteroatoms. The van der Waals surface area contributed by atoms with Crippen LogP contribution in [0.25, 0.3) is 0 Å². The van der Waals surface area contributed by atoms with E-state index < -0.39 is 5.91 Å². The Labute approximate surface area is 174 Å². The normalized spacial score (nSPS) is 10.8. The molecule has 0 saturated heterocycles. The van der Waals surface area contributed by atoms with Crippen molar-refractivity contribution in [2.24, 2.45) is 5.10 Å². The topological polar surface area (TPSA) is 69.2 Å². The summed E-state index contributed by atoms with van der Waals surface area (Å²) in [5, 5.41) is 4.91. The number of benzene rings is 2. The number of rotatable bonds is 9. The first kappa shape index (κ1) is 21.9. The molecule has 28 heavy (non-hydrogen) atoms. The molecular weight excluding hydrogens is 403 g/mol. The van der Waals surface area contributed by atoms with E-state index in [0.29, 0.717) is 58.2 Å². The Morgan fingerprint density at radius 3 is 2.14 bits per heavy atom. The van der Waals surface area contributed by atoms with Crippen molar-refractivity contribution in [1.82, 2.24) is 5.43 Å². The van der Waals surface area contributed by atoms with E-state index in [4.69, 9.17) is 37.4 Å². The summed E-state index contributed by atoms with van der Waals surface area (Å²) in [6, 6.07) is 8.18. The zero-order valence-electron chi connectivity index (χ0n) is 15.9. The van der Waals surface area contributed by atoms with E-state index in [1.54, 1.807) is 30.3 Å². The Morgan fingerprint density at radius 1 is 1.00 bits per heavy atom. The second-order valence-electron chi connectivity index (χ2n) is 5.47. The Kier molecular flexibility index (Phi) is 8.42. The highest BCUT2D eigenvalue weighted by atomic mass is 35.5. The molecular formula is C20H22Cl2N2O4. The van der Waals surface area contributed by atoms with Gasteiger partial charge in [-0.2, -0.15) is 5.10 Å². The SMILES string of the molecule is CCOc1cc(C(=O)NN=Cc2ccc(Cl)cc2Cl)cc(OCC)c1OCC. The minimum absolute atomic E-state index is 0.328. The van der Waals surface area contributed by atoms with Crippen LogP contribution in [0.3, 0.4) is 0 Å². The number of hydrogen-bond acceptors (Lipinski definition) is 5. The van der Waals surface area contributed by atoms with Crippen molar-refractivity contribution >= 4 is 35.3 Å². The lowest BCUT2D eigenvalue weighted by atomic mass is 10.1. The van der Waals surface area contributed by atoms with Gasteiger partial charge in [0.15, 0.2) is 11.5 Å². The molecule has 150 valence electrons. The number of nitrogens with one attached hydrogen (secondary N) is 1. The molecule has 6 nitrogen and oxygen atoms in total. The lowest BCUT2D eigenvalue weighted by Gasteiger charge is -2.16. The molecule has 0 aliphatic rings. The Morgan fingerprint density at radius 2 is 1.61 bits per heavy atom. The lowest BCUT2D eigenvalue weighted by molar-refractivity contribution is 0.0954. The standard InChI is InChI=1S/C20H22Cl2N2O4/c1-4-26-17-9-14(10-18(27-5-2)19(17)28-6-3)20(25)24-23-12-13-7-8-15(21)11-16(13)22/h7-12H,4-6H2,1-3H3,(H,24,25). The van der Waals surface area contributed by atoms with Gasteiger partial charge >= 0.3 is 0 Å². The van der Waals surface area contributed by atoms with Crippen molar-refractivity contribution in [1.29, 1.82) is 0 Å². The fraction of sp³-hybridized carbons (Fsp3) is 0.300. The van der Waals surface area contributed by atoms with Gasteiger partial charge in [0, 0.05) is 16.1 Å². The highest BCUT2D eigenvalue weighted by molar-refractivity contribution is 6.36. The fourth-order valence-corrected chi connectivity index (χ4v) is 2.81. The first-order chi connectivity index (χ1) is 13.5. The summed E-state index contributed by atoms with van der Waals surface area (Å²) in [4.78, 5) is 12.5. The molecule has 0 radical (unpaired) electrons. The average molecular weight is 425 g/mol. The molecule has 1 amide bonds. The fourth-order valence-electron chi connectivity index (χ4n) is 2.35. The van der Waals surface area contributed by atoms with Crippen molar-refractivity contribution in [3.8, 4) is 17.2 Å². The molecule has 2 rings (SSSR count). The predicted molar refractivity (Wildman–Crippen MR) is 111 cm³/mol. The van der Waals surface area contributed by atoms with Gasteiger partial charge in [0.1, 0.15) is 0 Å². The number of hydrazone groups is 1. The maximum absolute atomic E-state index is 12.5. The number of hydrogen-bond donors (Lipinski definition) is 1. The lowest BCUT2D eigenvalue weighted by Crippen LogP contribution is -2.18. The van der Waals surface area contributed by atoms with E-state index >= 15 is 0 Å². The maximum Gasteiger partial charge on any atom is 0.271 e. The van der Waals surface area contributed by atoms with Crippen molar-refractivity contribution in [2.75, 3.05) is 19.8 Å². The van der Waals surface area contributed by atoms with E-state index in [2.05, 4.69) is 10.5 Å². The van der Waals surface area contributed by atoms with Gasteiger partial charge < -0.3 is 14.2 Å². The van der Waals surface area contributed by atoms with Crippen LogP contribution in [0.5, 0.6) is 17.2 Å². The second kappa shape index (κ2) is 10.8. The van der Waals surface area contributed by atoms with Crippen LogP contribution >= 0.6 is 23.2 Å². The number of amides is 1. The summed E-state index contributed by atoms with van der Waals surface area (Å²) in [5.74, 6) is 0.917. The number of nitrogens with zero attached hydrogens (tertiary/aromatic N) is 1. The third-order valence-corrected chi connectivity index (χ3v) is 4.07. The van der Waals surface area contributed by atoms with E-state index in [-0.39, 0.29) is 0 Å². The van der Waals surface area contributed by atoms with Crippen LogP contribution in [0.1, 0.15) is 36.7 Å². The molecule has 0 bridgehead atoms. The molecule has 0 heterocycles. The van der Waals surface area contributed by atoms with Gasteiger partial charge in [-0.3, -0.25) is 4.79 Å².